The molecule has 0 N–H and O–H groups in total. The average Bonchev–Trinajstić information content (AvgIpc) is 3.15. The van der Waals surface area contributed by atoms with E-state index in [1.807, 2.05) is 33.6 Å². The Morgan fingerprint density at radius 3 is 2.74 bits per heavy atom. The van der Waals surface area contributed by atoms with Gasteiger partial charge in [0.1, 0.15) is 0 Å². The van der Waals surface area contributed by atoms with Crippen LogP contribution in [0.25, 0.3) is 0 Å². The summed E-state index contributed by atoms with van der Waals surface area (Å²) in [5.74, 6) is 0.0582. The standard InChI is InChI=1S/C16H24N6O/c1-12-14(11-22(18-12)16(2,3)4)15(23)20-8-5-6-13(10-20)21-9-7-17-19-21/h7,9,11,13H,5-6,8,10H2,1-4H3. The molecule has 3 rings (SSSR count). The van der Waals surface area contributed by atoms with Crippen molar-refractivity contribution in [3.8, 4) is 0 Å². The number of amides is 1. The van der Waals surface area contributed by atoms with Crippen molar-refractivity contribution >= 4 is 5.91 Å². The molecule has 0 bridgehead atoms. The molecule has 0 aliphatic carbocycles. The van der Waals surface area contributed by atoms with Crippen LogP contribution in [0.1, 0.15) is 55.7 Å². The van der Waals surface area contributed by atoms with E-state index < -0.39 is 0 Å². The highest BCUT2D eigenvalue weighted by atomic mass is 16.2. The maximum Gasteiger partial charge on any atom is 0.257 e. The molecule has 1 aliphatic heterocycles. The van der Waals surface area contributed by atoms with E-state index in [0.717, 1.165) is 25.1 Å². The highest BCUT2D eigenvalue weighted by Gasteiger charge is 2.28. The zero-order valence-electron chi connectivity index (χ0n) is 14.2. The fourth-order valence-electron chi connectivity index (χ4n) is 2.95. The maximum absolute atomic E-state index is 12.9. The molecule has 2 aromatic rings. The van der Waals surface area contributed by atoms with Crippen LogP contribution < -0.4 is 0 Å². The quantitative estimate of drug-likeness (QED) is 0.850. The molecule has 7 heteroatoms. The molecule has 1 atom stereocenters. The summed E-state index contributed by atoms with van der Waals surface area (Å²) in [4.78, 5) is 14.8. The lowest BCUT2D eigenvalue weighted by Gasteiger charge is -2.32. The third-order valence-electron chi connectivity index (χ3n) is 4.32. The first-order chi connectivity index (χ1) is 10.9. The van der Waals surface area contributed by atoms with Gasteiger partial charge in [-0.1, -0.05) is 5.21 Å². The van der Waals surface area contributed by atoms with E-state index in [1.165, 1.54) is 0 Å². The third kappa shape index (κ3) is 3.13. The van der Waals surface area contributed by atoms with Crippen LogP contribution in [0.3, 0.4) is 0 Å². The first kappa shape index (κ1) is 15.7. The van der Waals surface area contributed by atoms with E-state index in [1.54, 1.807) is 6.20 Å². The number of hydrogen-bond donors (Lipinski definition) is 0. The number of nitrogens with zero attached hydrogens (tertiary/aromatic N) is 6. The second kappa shape index (κ2) is 5.79. The molecular formula is C16H24N6O. The Labute approximate surface area is 136 Å². The lowest BCUT2D eigenvalue weighted by atomic mass is 10.0. The number of rotatable bonds is 2. The molecule has 2 aromatic heterocycles. The van der Waals surface area contributed by atoms with Gasteiger partial charge >= 0.3 is 0 Å². The van der Waals surface area contributed by atoms with E-state index >= 15 is 0 Å². The van der Waals surface area contributed by atoms with Crippen LogP contribution in [0.2, 0.25) is 0 Å². The third-order valence-corrected chi connectivity index (χ3v) is 4.32. The van der Waals surface area contributed by atoms with Gasteiger partial charge < -0.3 is 4.90 Å². The Hall–Kier alpha value is -2.18. The maximum atomic E-state index is 12.9. The molecule has 0 aromatic carbocycles. The Kier molecular flexibility index (Phi) is 3.95. The van der Waals surface area contributed by atoms with Gasteiger partial charge in [-0.15, -0.1) is 5.10 Å². The summed E-state index contributed by atoms with van der Waals surface area (Å²) < 4.78 is 3.72. The van der Waals surface area contributed by atoms with Gasteiger partial charge in [0, 0.05) is 25.5 Å². The van der Waals surface area contributed by atoms with Gasteiger partial charge in [-0.3, -0.25) is 9.48 Å². The molecule has 124 valence electrons. The van der Waals surface area contributed by atoms with Gasteiger partial charge in [-0.25, -0.2) is 4.68 Å². The summed E-state index contributed by atoms with van der Waals surface area (Å²) >= 11 is 0. The average molecular weight is 316 g/mol. The fourth-order valence-corrected chi connectivity index (χ4v) is 2.95. The Morgan fingerprint density at radius 1 is 1.35 bits per heavy atom. The molecule has 23 heavy (non-hydrogen) atoms. The van der Waals surface area contributed by atoms with Gasteiger partial charge in [0.15, 0.2) is 0 Å². The first-order valence-corrected chi connectivity index (χ1v) is 8.08. The summed E-state index contributed by atoms with van der Waals surface area (Å²) in [7, 11) is 0. The molecule has 7 nitrogen and oxygen atoms in total. The molecular weight excluding hydrogens is 292 g/mol. The number of carbonyl (C=O) groups excluding carboxylic acids is 1. The predicted octanol–water partition coefficient (Wildman–Crippen LogP) is 2.02. The predicted molar refractivity (Wildman–Crippen MR) is 86.2 cm³/mol. The van der Waals surface area contributed by atoms with Crippen molar-refractivity contribution < 1.29 is 4.79 Å². The molecule has 1 unspecified atom stereocenters. The van der Waals surface area contributed by atoms with E-state index in [2.05, 4.69) is 36.2 Å². The molecule has 0 radical (unpaired) electrons. The molecule has 1 aliphatic rings. The van der Waals surface area contributed by atoms with Crippen molar-refractivity contribution in [1.29, 1.82) is 0 Å². The van der Waals surface area contributed by atoms with E-state index in [-0.39, 0.29) is 17.5 Å². The van der Waals surface area contributed by atoms with Crippen molar-refractivity contribution in [2.75, 3.05) is 13.1 Å². The minimum absolute atomic E-state index is 0.0582. The highest BCUT2D eigenvalue weighted by Crippen LogP contribution is 2.23. The van der Waals surface area contributed by atoms with Gasteiger partial charge in [0.05, 0.1) is 29.0 Å². The summed E-state index contributed by atoms with van der Waals surface area (Å²) in [6, 6.07) is 0.202. The van der Waals surface area contributed by atoms with E-state index in [9.17, 15) is 4.79 Å². The normalized spacial score (nSPS) is 19.1. The Bertz CT molecular complexity index is 682. The SMILES string of the molecule is Cc1nn(C(C)(C)C)cc1C(=O)N1CCCC(n2ccnn2)C1. The van der Waals surface area contributed by atoms with Gasteiger partial charge in [-0.05, 0) is 40.5 Å². The van der Waals surface area contributed by atoms with Crippen molar-refractivity contribution in [2.45, 2.75) is 52.1 Å². The second-order valence-electron chi connectivity index (χ2n) is 7.17. The van der Waals surface area contributed by atoms with Crippen molar-refractivity contribution in [3.63, 3.8) is 0 Å². The smallest absolute Gasteiger partial charge is 0.257 e. The highest BCUT2D eigenvalue weighted by molar-refractivity contribution is 5.95. The largest absolute Gasteiger partial charge is 0.336 e. The molecule has 3 heterocycles. The van der Waals surface area contributed by atoms with Crippen LogP contribution in [-0.4, -0.2) is 48.7 Å². The minimum atomic E-state index is -0.131. The molecule has 1 fully saturated rings. The van der Waals surface area contributed by atoms with Gasteiger partial charge in [0.2, 0.25) is 0 Å². The van der Waals surface area contributed by atoms with Crippen LogP contribution >= 0.6 is 0 Å². The molecule has 1 saturated heterocycles. The molecule has 1 amide bonds. The Balaban J connectivity index is 1.79. The number of hydrogen-bond acceptors (Lipinski definition) is 4. The topological polar surface area (TPSA) is 68.8 Å². The number of aromatic nitrogens is 5. The zero-order chi connectivity index (χ0) is 16.6. The lowest BCUT2D eigenvalue weighted by molar-refractivity contribution is 0.0671. The zero-order valence-corrected chi connectivity index (χ0v) is 14.2. The van der Waals surface area contributed by atoms with Crippen LogP contribution in [0, 0.1) is 6.92 Å². The number of likely N-dealkylation sites (tertiary alicyclic amines) is 1. The van der Waals surface area contributed by atoms with Crippen LogP contribution in [0.4, 0.5) is 0 Å². The van der Waals surface area contributed by atoms with Crippen molar-refractivity contribution in [3.05, 3.63) is 29.8 Å². The first-order valence-electron chi connectivity index (χ1n) is 8.08. The Morgan fingerprint density at radius 2 is 2.13 bits per heavy atom. The summed E-state index contributed by atoms with van der Waals surface area (Å²) in [5.41, 5.74) is 1.35. The lowest BCUT2D eigenvalue weighted by Crippen LogP contribution is -2.41. The number of carbonyl (C=O) groups is 1. The van der Waals surface area contributed by atoms with Gasteiger partial charge in [-0.2, -0.15) is 5.10 Å². The van der Waals surface area contributed by atoms with Gasteiger partial charge in [0.25, 0.3) is 5.91 Å². The van der Waals surface area contributed by atoms with Crippen LogP contribution in [-0.2, 0) is 5.54 Å². The minimum Gasteiger partial charge on any atom is -0.336 e. The monoisotopic (exact) mass is 316 g/mol. The van der Waals surface area contributed by atoms with E-state index in [4.69, 9.17) is 0 Å². The summed E-state index contributed by atoms with van der Waals surface area (Å²) in [6.07, 6.45) is 7.41. The number of aryl methyl sites for hydroxylation is 1. The second-order valence-corrected chi connectivity index (χ2v) is 7.17. The van der Waals surface area contributed by atoms with Crippen molar-refractivity contribution in [2.24, 2.45) is 0 Å². The fraction of sp³-hybridized carbons (Fsp3) is 0.625. The van der Waals surface area contributed by atoms with Crippen LogP contribution in [0.5, 0.6) is 0 Å². The van der Waals surface area contributed by atoms with Crippen molar-refractivity contribution in [1.82, 2.24) is 29.7 Å². The number of piperidine rings is 1. The summed E-state index contributed by atoms with van der Waals surface area (Å²) in [6.45, 7) is 9.58. The van der Waals surface area contributed by atoms with Crippen LogP contribution in [0.15, 0.2) is 18.6 Å². The molecule has 0 spiro atoms. The van der Waals surface area contributed by atoms with E-state index in [0.29, 0.717) is 12.1 Å². The molecule has 0 saturated carbocycles. The summed E-state index contributed by atoms with van der Waals surface area (Å²) in [5, 5.41) is 12.4.